The minimum absolute atomic E-state index is 0.126. The molecule has 0 saturated heterocycles. The highest BCUT2D eigenvalue weighted by atomic mass is 35.5. The van der Waals surface area contributed by atoms with Crippen LogP contribution in [-0.4, -0.2) is 37.3 Å². The largest absolute Gasteiger partial charge is 0.486 e. The Morgan fingerprint density at radius 3 is 2.76 bits per heavy atom. The number of halogens is 1. The highest BCUT2D eigenvalue weighted by Gasteiger charge is 2.25. The van der Waals surface area contributed by atoms with Gasteiger partial charge in [-0.2, -0.15) is 5.10 Å². The number of hydrazone groups is 1. The predicted molar refractivity (Wildman–Crippen MR) is 110 cm³/mol. The minimum Gasteiger partial charge on any atom is -0.486 e. The Labute approximate surface area is 173 Å². The van der Waals surface area contributed by atoms with Crippen molar-refractivity contribution in [2.24, 2.45) is 5.10 Å². The van der Waals surface area contributed by atoms with Gasteiger partial charge in [0.15, 0.2) is 11.5 Å². The molecule has 0 bridgehead atoms. The van der Waals surface area contributed by atoms with Crippen molar-refractivity contribution < 1.29 is 19.1 Å². The molecule has 4 rings (SSSR count). The third kappa shape index (κ3) is 4.35. The number of nitrogens with zero attached hydrogens (tertiary/aromatic N) is 2. The van der Waals surface area contributed by atoms with Gasteiger partial charge in [-0.25, -0.2) is 5.01 Å². The van der Waals surface area contributed by atoms with Crippen LogP contribution in [0.4, 0.5) is 5.69 Å². The SMILES string of the molecule is O=C(NCCc1cc(Cl)c2c(c1)OCCO2)C1=NN(c2ccccc2)C(=O)CC1. The Balaban J connectivity index is 1.38. The summed E-state index contributed by atoms with van der Waals surface area (Å²) >= 11 is 6.25. The van der Waals surface area contributed by atoms with Gasteiger partial charge in [-0.3, -0.25) is 9.59 Å². The zero-order chi connectivity index (χ0) is 20.2. The summed E-state index contributed by atoms with van der Waals surface area (Å²) in [7, 11) is 0. The molecule has 2 aliphatic rings. The average molecular weight is 414 g/mol. The number of benzene rings is 2. The first-order valence-corrected chi connectivity index (χ1v) is 9.81. The molecule has 0 saturated carbocycles. The summed E-state index contributed by atoms with van der Waals surface area (Å²) in [4.78, 5) is 24.7. The van der Waals surface area contributed by atoms with Gasteiger partial charge in [0.1, 0.15) is 18.9 Å². The molecule has 2 amide bonds. The van der Waals surface area contributed by atoms with Gasteiger partial charge in [0.2, 0.25) is 5.91 Å². The van der Waals surface area contributed by atoms with E-state index in [0.717, 1.165) is 5.56 Å². The van der Waals surface area contributed by atoms with Crippen molar-refractivity contribution >= 4 is 34.8 Å². The van der Waals surface area contributed by atoms with Crippen LogP contribution in [0.15, 0.2) is 47.6 Å². The van der Waals surface area contributed by atoms with E-state index in [0.29, 0.717) is 60.5 Å². The topological polar surface area (TPSA) is 80.2 Å². The molecule has 8 heteroatoms. The number of hydrogen-bond donors (Lipinski definition) is 1. The van der Waals surface area contributed by atoms with Crippen molar-refractivity contribution in [1.82, 2.24) is 5.32 Å². The lowest BCUT2D eigenvalue weighted by atomic mass is 10.1. The fraction of sp³-hybridized carbons (Fsp3) is 0.286. The van der Waals surface area contributed by atoms with Gasteiger partial charge in [-0.05, 0) is 36.2 Å². The van der Waals surface area contributed by atoms with E-state index in [1.807, 2.05) is 30.3 Å². The van der Waals surface area contributed by atoms with Crippen molar-refractivity contribution in [2.75, 3.05) is 24.8 Å². The van der Waals surface area contributed by atoms with Gasteiger partial charge >= 0.3 is 0 Å². The number of para-hydroxylation sites is 1. The van der Waals surface area contributed by atoms with E-state index in [-0.39, 0.29) is 18.2 Å². The van der Waals surface area contributed by atoms with Crippen LogP contribution in [0.1, 0.15) is 18.4 Å². The maximum atomic E-state index is 12.5. The highest BCUT2D eigenvalue weighted by Crippen LogP contribution is 2.38. The summed E-state index contributed by atoms with van der Waals surface area (Å²) in [5.41, 5.74) is 1.92. The van der Waals surface area contributed by atoms with Gasteiger partial charge in [-0.1, -0.05) is 29.8 Å². The first-order valence-electron chi connectivity index (χ1n) is 9.43. The molecule has 0 radical (unpaired) electrons. The van der Waals surface area contributed by atoms with E-state index in [4.69, 9.17) is 21.1 Å². The second kappa shape index (κ2) is 8.53. The van der Waals surface area contributed by atoms with E-state index in [2.05, 4.69) is 10.4 Å². The van der Waals surface area contributed by atoms with Gasteiger partial charge in [0, 0.05) is 19.4 Å². The van der Waals surface area contributed by atoms with E-state index in [1.54, 1.807) is 12.1 Å². The molecule has 2 aromatic rings. The van der Waals surface area contributed by atoms with Crippen LogP contribution in [0.5, 0.6) is 11.5 Å². The molecule has 0 atom stereocenters. The number of ether oxygens (including phenoxy) is 2. The lowest BCUT2D eigenvalue weighted by Crippen LogP contribution is -2.39. The summed E-state index contributed by atoms with van der Waals surface area (Å²) in [6.45, 7) is 1.37. The van der Waals surface area contributed by atoms with E-state index >= 15 is 0 Å². The normalized spacial score (nSPS) is 15.7. The Hall–Kier alpha value is -3.06. The smallest absolute Gasteiger partial charge is 0.267 e. The van der Waals surface area contributed by atoms with Crippen molar-refractivity contribution in [1.29, 1.82) is 0 Å². The number of nitrogens with one attached hydrogen (secondary N) is 1. The van der Waals surface area contributed by atoms with Crippen LogP contribution >= 0.6 is 11.6 Å². The quantitative estimate of drug-likeness (QED) is 0.817. The van der Waals surface area contributed by atoms with Crippen molar-refractivity contribution in [2.45, 2.75) is 19.3 Å². The number of anilines is 1. The molecule has 150 valence electrons. The second-order valence-electron chi connectivity index (χ2n) is 6.70. The highest BCUT2D eigenvalue weighted by molar-refractivity contribution is 6.40. The van der Waals surface area contributed by atoms with E-state index < -0.39 is 0 Å². The second-order valence-corrected chi connectivity index (χ2v) is 7.10. The number of fused-ring (bicyclic) bond motifs is 1. The number of amides is 2. The van der Waals surface area contributed by atoms with E-state index in [1.165, 1.54) is 5.01 Å². The van der Waals surface area contributed by atoms with Crippen LogP contribution in [-0.2, 0) is 16.0 Å². The average Bonchev–Trinajstić information content (AvgIpc) is 2.75. The Kier molecular flexibility index (Phi) is 5.67. The molecule has 0 spiro atoms. The molecular weight excluding hydrogens is 394 g/mol. The Bertz CT molecular complexity index is 962. The van der Waals surface area contributed by atoms with Crippen molar-refractivity contribution in [3.63, 3.8) is 0 Å². The lowest BCUT2D eigenvalue weighted by Gasteiger charge is -2.23. The fourth-order valence-electron chi connectivity index (χ4n) is 3.22. The maximum Gasteiger partial charge on any atom is 0.267 e. The molecule has 0 fully saturated rings. The number of rotatable bonds is 5. The van der Waals surface area contributed by atoms with Crippen LogP contribution in [0, 0.1) is 0 Å². The zero-order valence-corrected chi connectivity index (χ0v) is 16.4. The fourth-order valence-corrected chi connectivity index (χ4v) is 3.51. The summed E-state index contributed by atoms with van der Waals surface area (Å²) in [5, 5.41) is 8.91. The number of hydrogen-bond acceptors (Lipinski definition) is 5. The third-order valence-corrected chi connectivity index (χ3v) is 4.93. The minimum atomic E-state index is -0.276. The summed E-state index contributed by atoms with van der Waals surface area (Å²) in [5.74, 6) is 0.785. The molecule has 0 aromatic heterocycles. The summed E-state index contributed by atoms with van der Waals surface area (Å²) < 4.78 is 11.1. The number of carbonyl (C=O) groups is 2. The molecule has 29 heavy (non-hydrogen) atoms. The van der Waals surface area contributed by atoms with Crippen LogP contribution in [0.3, 0.4) is 0 Å². The molecular formula is C21H20ClN3O4. The third-order valence-electron chi connectivity index (χ3n) is 4.65. The Morgan fingerprint density at radius 1 is 1.14 bits per heavy atom. The zero-order valence-electron chi connectivity index (χ0n) is 15.7. The first kappa shape index (κ1) is 19.3. The molecule has 2 heterocycles. The van der Waals surface area contributed by atoms with Crippen LogP contribution < -0.4 is 19.8 Å². The number of carbonyl (C=O) groups excluding carboxylic acids is 2. The molecule has 0 unspecified atom stereocenters. The Morgan fingerprint density at radius 2 is 1.93 bits per heavy atom. The molecule has 7 nitrogen and oxygen atoms in total. The summed E-state index contributed by atoms with van der Waals surface area (Å²) in [6, 6.07) is 12.8. The van der Waals surface area contributed by atoms with Crippen LogP contribution in [0.25, 0.3) is 0 Å². The van der Waals surface area contributed by atoms with Gasteiger partial charge in [0.05, 0.1) is 10.7 Å². The predicted octanol–water partition coefficient (Wildman–Crippen LogP) is 2.95. The van der Waals surface area contributed by atoms with Crippen LogP contribution in [0.2, 0.25) is 5.02 Å². The molecule has 0 aliphatic carbocycles. The molecule has 2 aromatic carbocycles. The standard InChI is InChI=1S/C21H20ClN3O4/c22-16-12-14(13-18-20(16)29-11-10-28-18)8-9-23-21(27)17-6-7-19(26)25(24-17)15-4-2-1-3-5-15/h1-5,12-13H,6-11H2,(H,23,27). The van der Waals surface area contributed by atoms with Gasteiger partial charge in [-0.15, -0.1) is 0 Å². The molecule has 2 aliphatic heterocycles. The molecule has 1 N–H and O–H groups in total. The lowest BCUT2D eigenvalue weighted by molar-refractivity contribution is -0.118. The van der Waals surface area contributed by atoms with Gasteiger partial charge < -0.3 is 14.8 Å². The maximum absolute atomic E-state index is 12.5. The van der Waals surface area contributed by atoms with Crippen molar-refractivity contribution in [3.05, 3.63) is 53.1 Å². The first-order chi connectivity index (χ1) is 14.1. The monoisotopic (exact) mass is 413 g/mol. The summed E-state index contributed by atoms with van der Waals surface area (Å²) in [6.07, 6.45) is 1.15. The van der Waals surface area contributed by atoms with E-state index in [9.17, 15) is 9.59 Å². The van der Waals surface area contributed by atoms with Crippen molar-refractivity contribution in [3.8, 4) is 11.5 Å². The van der Waals surface area contributed by atoms with Gasteiger partial charge in [0.25, 0.3) is 5.91 Å².